The van der Waals surface area contributed by atoms with Crippen molar-refractivity contribution in [2.45, 2.75) is 32.2 Å². The molecule has 0 unspecified atom stereocenters. The lowest BCUT2D eigenvalue weighted by Crippen LogP contribution is -2.52. The van der Waals surface area contributed by atoms with Crippen LogP contribution in [0.25, 0.3) is 0 Å². The minimum Gasteiger partial charge on any atom is -0.374 e. The minimum absolute atomic E-state index is 0.179. The van der Waals surface area contributed by atoms with E-state index in [2.05, 4.69) is 63.6 Å². The highest BCUT2D eigenvalue weighted by atomic mass is 16.2. The lowest BCUT2D eigenvalue weighted by molar-refractivity contribution is -0.131. The van der Waals surface area contributed by atoms with E-state index >= 15 is 0 Å². The van der Waals surface area contributed by atoms with Gasteiger partial charge in [-0.25, -0.2) is 0 Å². The molecule has 5 nitrogen and oxygen atoms in total. The molecular formula is C24H32N4O. The van der Waals surface area contributed by atoms with Crippen LogP contribution in [0.1, 0.15) is 26.2 Å². The van der Waals surface area contributed by atoms with Crippen LogP contribution in [0, 0.1) is 0 Å². The number of nitrogens with one attached hydrogen (secondary N) is 1. The average Bonchev–Trinajstić information content (AvgIpc) is 2.80. The van der Waals surface area contributed by atoms with E-state index in [1.807, 2.05) is 17.9 Å². The monoisotopic (exact) mass is 392 g/mol. The van der Waals surface area contributed by atoms with Gasteiger partial charge in [0.05, 0.1) is 0 Å². The Kier molecular flexibility index (Phi) is 6.23. The van der Waals surface area contributed by atoms with Crippen molar-refractivity contribution in [1.29, 1.82) is 0 Å². The molecule has 0 bridgehead atoms. The van der Waals surface area contributed by atoms with Gasteiger partial charge in [-0.2, -0.15) is 0 Å². The Balaban J connectivity index is 1.28. The highest BCUT2D eigenvalue weighted by Gasteiger charge is 2.25. The normalized spacial score (nSPS) is 18.4. The van der Waals surface area contributed by atoms with Crippen molar-refractivity contribution in [3.05, 3.63) is 54.6 Å². The summed E-state index contributed by atoms with van der Waals surface area (Å²) in [5.74, 6) is 0.179. The van der Waals surface area contributed by atoms with E-state index in [0.717, 1.165) is 45.0 Å². The lowest BCUT2D eigenvalue weighted by atomic mass is 10.1. The molecule has 2 saturated heterocycles. The zero-order valence-electron chi connectivity index (χ0n) is 17.4. The molecule has 0 radical (unpaired) electrons. The number of hydrogen-bond donors (Lipinski definition) is 1. The van der Waals surface area contributed by atoms with Crippen LogP contribution in [-0.4, -0.2) is 56.1 Å². The van der Waals surface area contributed by atoms with Crippen LogP contribution in [-0.2, 0) is 4.79 Å². The molecule has 0 aliphatic carbocycles. The molecule has 1 atom stereocenters. The van der Waals surface area contributed by atoms with E-state index in [1.54, 1.807) is 0 Å². The number of carbonyl (C=O) groups is 1. The summed E-state index contributed by atoms with van der Waals surface area (Å²) in [7, 11) is 0. The van der Waals surface area contributed by atoms with Gasteiger partial charge in [0.15, 0.2) is 0 Å². The summed E-state index contributed by atoms with van der Waals surface area (Å²) in [6.45, 7) is 7.57. The van der Waals surface area contributed by atoms with E-state index < -0.39 is 0 Å². The second-order valence-electron chi connectivity index (χ2n) is 8.11. The van der Waals surface area contributed by atoms with E-state index in [-0.39, 0.29) is 11.9 Å². The Morgan fingerprint density at radius 1 is 0.759 bits per heavy atom. The van der Waals surface area contributed by atoms with Crippen molar-refractivity contribution in [3.63, 3.8) is 0 Å². The zero-order chi connectivity index (χ0) is 20.1. The van der Waals surface area contributed by atoms with Crippen LogP contribution in [0.4, 0.5) is 17.1 Å². The molecule has 29 heavy (non-hydrogen) atoms. The highest BCUT2D eigenvalue weighted by Crippen LogP contribution is 2.22. The number of benzene rings is 2. The Hall–Kier alpha value is -2.69. The molecule has 154 valence electrons. The summed E-state index contributed by atoms with van der Waals surface area (Å²) in [6.07, 6.45) is 3.90. The average molecular weight is 393 g/mol. The third-order valence-electron chi connectivity index (χ3n) is 6.05. The number of para-hydroxylation sites is 1. The standard InChI is InChI=1S/C24H32N4O/c1-20(25-21-10-12-23(13-11-21)26-14-6-3-7-15-26)24(29)28-18-16-27(17-19-28)22-8-4-2-5-9-22/h2,4-5,8-13,20,25H,3,6-7,14-19H2,1H3/t20-/m1/s1. The van der Waals surface area contributed by atoms with Crippen LogP contribution in [0.5, 0.6) is 0 Å². The maximum absolute atomic E-state index is 12.9. The van der Waals surface area contributed by atoms with Gasteiger partial charge in [0.25, 0.3) is 0 Å². The second-order valence-corrected chi connectivity index (χ2v) is 8.11. The lowest BCUT2D eigenvalue weighted by Gasteiger charge is -2.37. The molecule has 2 fully saturated rings. The number of carbonyl (C=O) groups excluding carboxylic acids is 1. The Bertz CT molecular complexity index is 778. The predicted molar refractivity (Wildman–Crippen MR) is 121 cm³/mol. The first-order valence-electron chi connectivity index (χ1n) is 10.9. The Labute approximate surface area is 174 Å². The van der Waals surface area contributed by atoms with Gasteiger partial charge in [-0.1, -0.05) is 18.2 Å². The number of nitrogens with zero attached hydrogens (tertiary/aromatic N) is 3. The number of hydrogen-bond acceptors (Lipinski definition) is 4. The van der Waals surface area contributed by atoms with Crippen molar-refractivity contribution < 1.29 is 4.79 Å². The molecule has 2 aromatic carbocycles. The van der Waals surface area contributed by atoms with Gasteiger partial charge in [0.2, 0.25) is 5.91 Å². The summed E-state index contributed by atoms with van der Waals surface area (Å²) in [6, 6.07) is 18.7. The van der Waals surface area contributed by atoms with E-state index in [0.29, 0.717) is 0 Å². The predicted octanol–water partition coefficient (Wildman–Crippen LogP) is 3.83. The number of rotatable bonds is 5. The van der Waals surface area contributed by atoms with Crippen molar-refractivity contribution in [3.8, 4) is 0 Å². The van der Waals surface area contributed by atoms with Gasteiger partial charge in [0, 0.05) is 56.3 Å². The quantitative estimate of drug-likeness (QED) is 0.839. The molecule has 4 rings (SSSR count). The second kappa shape index (κ2) is 9.21. The minimum atomic E-state index is -0.223. The molecular weight excluding hydrogens is 360 g/mol. The van der Waals surface area contributed by atoms with Crippen LogP contribution in [0.3, 0.4) is 0 Å². The van der Waals surface area contributed by atoms with E-state index in [9.17, 15) is 4.79 Å². The van der Waals surface area contributed by atoms with Gasteiger partial charge in [0.1, 0.15) is 6.04 Å². The van der Waals surface area contributed by atoms with Gasteiger partial charge >= 0.3 is 0 Å². The molecule has 0 spiro atoms. The SMILES string of the molecule is C[C@@H](Nc1ccc(N2CCCCC2)cc1)C(=O)N1CCN(c2ccccc2)CC1. The first kappa shape index (κ1) is 19.6. The first-order valence-corrected chi connectivity index (χ1v) is 10.9. The highest BCUT2D eigenvalue weighted by molar-refractivity contribution is 5.84. The fourth-order valence-corrected chi connectivity index (χ4v) is 4.33. The molecule has 2 aliphatic heterocycles. The van der Waals surface area contributed by atoms with Crippen LogP contribution in [0.15, 0.2) is 54.6 Å². The zero-order valence-corrected chi connectivity index (χ0v) is 17.4. The first-order chi connectivity index (χ1) is 14.2. The smallest absolute Gasteiger partial charge is 0.244 e. The van der Waals surface area contributed by atoms with Crippen molar-refractivity contribution in [2.24, 2.45) is 0 Å². The Morgan fingerprint density at radius 2 is 1.34 bits per heavy atom. The molecule has 2 aromatic rings. The molecule has 1 N–H and O–H groups in total. The maximum atomic E-state index is 12.9. The van der Waals surface area contributed by atoms with Gasteiger partial charge in [-0.3, -0.25) is 4.79 Å². The van der Waals surface area contributed by atoms with Crippen LogP contribution < -0.4 is 15.1 Å². The summed E-state index contributed by atoms with van der Waals surface area (Å²) in [5, 5.41) is 3.39. The topological polar surface area (TPSA) is 38.8 Å². The molecule has 0 aromatic heterocycles. The maximum Gasteiger partial charge on any atom is 0.244 e. The van der Waals surface area contributed by atoms with Gasteiger partial charge in [-0.05, 0) is 62.6 Å². The fourth-order valence-electron chi connectivity index (χ4n) is 4.33. The summed E-state index contributed by atoms with van der Waals surface area (Å²) < 4.78 is 0. The molecule has 2 aliphatic rings. The fraction of sp³-hybridized carbons (Fsp3) is 0.458. The number of piperazine rings is 1. The molecule has 1 amide bonds. The summed E-state index contributed by atoms with van der Waals surface area (Å²) in [5.41, 5.74) is 3.53. The number of anilines is 3. The summed E-state index contributed by atoms with van der Waals surface area (Å²) in [4.78, 5) is 19.7. The third-order valence-corrected chi connectivity index (χ3v) is 6.05. The van der Waals surface area contributed by atoms with Crippen LogP contribution in [0.2, 0.25) is 0 Å². The van der Waals surface area contributed by atoms with Crippen molar-refractivity contribution >= 4 is 23.0 Å². The number of amides is 1. The molecule has 0 saturated carbocycles. The van der Waals surface area contributed by atoms with E-state index in [1.165, 1.54) is 30.6 Å². The van der Waals surface area contributed by atoms with Crippen LogP contribution >= 0.6 is 0 Å². The third kappa shape index (κ3) is 4.84. The van der Waals surface area contributed by atoms with E-state index in [4.69, 9.17) is 0 Å². The van der Waals surface area contributed by atoms with Gasteiger partial charge < -0.3 is 20.0 Å². The van der Waals surface area contributed by atoms with Crippen molar-refractivity contribution in [1.82, 2.24) is 4.90 Å². The largest absolute Gasteiger partial charge is 0.374 e. The number of piperidine rings is 1. The van der Waals surface area contributed by atoms with Crippen molar-refractivity contribution in [2.75, 3.05) is 54.4 Å². The molecule has 5 heteroatoms. The Morgan fingerprint density at radius 3 is 2.00 bits per heavy atom. The summed E-state index contributed by atoms with van der Waals surface area (Å²) >= 11 is 0. The van der Waals surface area contributed by atoms with Gasteiger partial charge in [-0.15, -0.1) is 0 Å². The molecule has 2 heterocycles.